The third-order valence-electron chi connectivity index (χ3n) is 10.1. The number of nitro benzene ring substituents is 5. The molecule has 420 valence electrons. The van der Waals surface area contributed by atoms with Crippen molar-refractivity contribution in [1.82, 2.24) is 0 Å². The Labute approximate surface area is 464 Å². The molecular weight excluding hydrogens is 1090 g/mol. The highest BCUT2D eigenvalue weighted by atomic mass is 35.5. The third-order valence-corrected chi connectivity index (χ3v) is 10.4. The largest absolute Gasteiger partial charge is 0.502 e. The van der Waals surface area contributed by atoms with E-state index in [0.717, 1.165) is 78.4 Å². The molecule has 0 aliphatic carbocycles. The van der Waals surface area contributed by atoms with Gasteiger partial charge in [-0.2, -0.15) is 0 Å². The first-order valence-corrected chi connectivity index (χ1v) is 23.2. The molecule has 7 aromatic rings. The van der Waals surface area contributed by atoms with E-state index < -0.39 is 70.2 Å². The van der Waals surface area contributed by atoms with Crippen LogP contribution in [0.4, 0.5) is 28.4 Å². The number of hydrogen-bond donors (Lipinski definition) is 3. The molecule has 0 unspecified atom stereocenters. The van der Waals surface area contributed by atoms with Gasteiger partial charge in [-0.05, 0) is 66.8 Å². The molecule has 0 atom stereocenters. The van der Waals surface area contributed by atoms with Crippen LogP contribution in [0.5, 0.6) is 17.2 Å². The van der Waals surface area contributed by atoms with E-state index in [-0.39, 0.29) is 33.7 Å². The van der Waals surface area contributed by atoms with Crippen LogP contribution in [0.3, 0.4) is 0 Å². The number of carbonyl (C=O) groups is 7. The van der Waals surface area contributed by atoms with Crippen molar-refractivity contribution in [3.63, 3.8) is 0 Å². The van der Waals surface area contributed by atoms with E-state index in [1.807, 2.05) is 79.7 Å². The van der Waals surface area contributed by atoms with Gasteiger partial charge in [0.2, 0.25) is 5.75 Å². The van der Waals surface area contributed by atoms with Crippen molar-refractivity contribution in [2.45, 2.75) is 40.0 Å². The van der Waals surface area contributed by atoms with Crippen LogP contribution in [0.1, 0.15) is 116 Å². The van der Waals surface area contributed by atoms with Crippen molar-refractivity contribution in [3.05, 3.63) is 251 Å². The number of carbonyl (C=O) groups excluding carboxylic acids is 7. The number of nitrogens with zero attached hydrogens (tertiary/aromatic N) is 5. The molecule has 0 aliphatic rings. The van der Waals surface area contributed by atoms with Crippen molar-refractivity contribution in [2.24, 2.45) is 0 Å². The van der Waals surface area contributed by atoms with E-state index in [9.17, 15) is 84.1 Å². The normalized spacial score (nSPS) is 9.46. The van der Waals surface area contributed by atoms with Gasteiger partial charge in [0.1, 0.15) is 42.7 Å². The average molecular weight is 1130 g/mol. The first kappa shape index (κ1) is 67.9. The Bertz CT molecular complexity index is 3290. The number of halogens is 1. The van der Waals surface area contributed by atoms with Crippen LogP contribution < -0.4 is 0 Å². The molecule has 0 aliphatic heterocycles. The van der Waals surface area contributed by atoms with Crippen molar-refractivity contribution in [3.8, 4) is 17.2 Å². The number of aryl methyl sites for hydroxylation is 2. The number of aldehydes is 7. The highest BCUT2D eigenvalue weighted by molar-refractivity contribution is 6.32. The molecule has 0 fully saturated rings. The Morgan fingerprint density at radius 2 is 0.827 bits per heavy atom. The van der Waals surface area contributed by atoms with E-state index in [1.54, 1.807) is 0 Å². The van der Waals surface area contributed by atoms with Crippen molar-refractivity contribution in [2.75, 3.05) is 0 Å². The topological polar surface area (TPSA) is 396 Å². The molecule has 7 aromatic carbocycles. The minimum absolute atomic E-state index is 0.0330. The molecule has 0 saturated heterocycles. The number of phenolic OH excluding ortho intramolecular Hbond substituents is 3. The van der Waals surface area contributed by atoms with E-state index in [0.29, 0.717) is 30.8 Å². The van der Waals surface area contributed by atoms with Gasteiger partial charge < -0.3 is 15.3 Å². The number of hydrogen-bond acceptors (Lipinski definition) is 20. The van der Waals surface area contributed by atoms with Gasteiger partial charge in [0.25, 0.3) is 11.4 Å². The van der Waals surface area contributed by atoms with Crippen LogP contribution >= 0.6 is 11.6 Å². The maximum absolute atomic E-state index is 10.4. The standard InChI is InChI=1S/C10H12O.C9H10O.C8H8O.C7H4ClNO3.C7H4N2O6.2C7H5NO4/c1-8(2)10-5-3-9(7-11)4-6-10;1-2-8-3-5-9(7-10)6-4-8;1-7-2-4-8(6-9)5-3-7;8-6-2-1-5(4-10)3-7(6)9(11)12;10-3-4-1-5(8(12)13)2-6(7(4)11)9(14)15;9-4-5-1-2-7(10)6(3-5)8(11)12;9-4-5-1-2-6(8(11)12)7(10)3-5/h3-8H,1-2H3;3-7H,2H2,1H3;2-6H,1H3;1-4H;1-3,11H;2*1-4,10H. The molecule has 25 nitrogen and oxygen atoms in total. The summed E-state index contributed by atoms with van der Waals surface area (Å²) in [6, 6.07) is 34.8. The third kappa shape index (κ3) is 23.8. The Hall–Kier alpha value is -11.1. The summed E-state index contributed by atoms with van der Waals surface area (Å²) in [6.07, 6.45) is 5.22. The fourth-order valence-electron chi connectivity index (χ4n) is 5.67. The molecule has 0 amide bonds. The summed E-state index contributed by atoms with van der Waals surface area (Å²) in [5.74, 6) is -1.27. The van der Waals surface area contributed by atoms with Crippen LogP contribution in [0.25, 0.3) is 0 Å². The van der Waals surface area contributed by atoms with Crippen LogP contribution in [-0.2, 0) is 6.42 Å². The van der Waals surface area contributed by atoms with Gasteiger partial charge >= 0.3 is 17.1 Å². The summed E-state index contributed by atoms with van der Waals surface area (Å²) in [5, 5.41) is 78.5. The number of benzene rings is 7. The fraction of sp³-hybridized carbons (Fsp3) is 0.109. The molecule has 0 bridgehead atoms. The lowest BCUT2D eigenvalue weighted by Gasteiger charge is -2.03. The zero-order valence-corrected chi connectivity index (χ0v) is 43.8. The lowest BCUT2D eigenvalue weighted by Crippen LogP contribution is -1.96. The maximum atomic E-state index is 10.4. The van der Waals surface area contributed by atoms with Crippen LogP contribution in [0.2, 0.25) is 5.02 Å². The van der Waals surface area contributed by atoms with Crippen molar-refractivity contribution < 1.29 is 73.5 Å². The van der Waals surface area contributed by atoms with E-state index in [1.165, 1.54) is 41.0 Å². The van der Waals surface area contributed by atoms with Gasteiger partial charge in [-0.25, -0.2) is 0 Å². The summed E-state index contributed by atoms with van der Waals surface area (Å²) in [4.78, 5) is 119. The number of phenols is 3. The maximum Gasteiger partial charge on any atom is 0.318 e. The number of rotatable bonds is 14. The number of non-ortho nitro benzene ring substituents is 1. The second-order valence-corrected chi connectivity index (χ2v) is 16.5. The molecule has 0 radical (unpaired) electrons. The quantitative estimate of drug-likeness (QED) is 0.0517. The molecule has 81 heavy (non-hydrogen) atoms. The number of nitro groups is 5. The minimum Gasteiger partial charge on any atom is -0.502 e. The Morgan fingerprint density at radius 1 is 0.432 bits per heavy atom. The SMILES string of the molecule is CC(C)c1ccc(C=O)cc1.CCc1ccc(C=O)cc1.Cc1ccc(C=O)cc1.O=Cc1cc([N+](=O)[O-])cc([N+](=O)[O-])c1O.O=Cc1ccc(Cl)c([N+](=O)[O-])c1.O=Cc1ccc(O)c([N+](=O)[O-])c1.O=Cc1ccc([N+](=O)[O-])c(O)c1. The molecule has 0 spiro atoms. The summed E-state index contributed by atoms with van der Waals surface area (Å²) < 4.78 is 0. The van der Waals surface area contributed by atoms with E-state index in [2.05, 4.69) is 20.8 Å². The predicted octanol–water partition coefficient (Wildman–Crippen LogP) is 11.8. The minimum atomic E-state index is -1.00. The zero-order valence-electron chi connectivity index (χ0n) is 43.0. The van der Waals surface area contributed by atoms with Crippen molar-refractivity contribution >= 4 is 84.0 Å². The Balaban J connectivity index is 0.000000475. The van der Waals surface area contributed by atoms with Gasteiger partial charge in [0.15, 0.2) is 17.8 Å². The van der Waals surface area contributed by atoms with E-state index >= 15 is 0 Å². The Kier molecular flexibility index (Phi) is 29.6. The molecule has 0 heterocycles. The molecule has 3 N–H and O–H groups in total. The lowest BCUT2D eigenvalue weighted by molar-refractivity contribution is -0.394. The summed E-state index contributed by atoms with van der Waals surface area (Å²) in [6.45, 7) is 8.36. The molecular formula is C55H48ClN5O20. The monoisotopic (exact) mass is 1130 g/mol. The van der Waals surface area contributed by atoms with Gasteiger partial charge in [0.05, 0.1) is 36.2 Å². The number of aromatic hydroxyl groups is 3. The zero-order chi connectivity index (χ0) is 61.4. The summed E-state index contributed by atoms with van der Waals surface area (Å²) >= 11 is 5.49. The predicted molar refractivity (Wildman–Crippen MR) is 294 cm³/mol. The smallest absolute Gasteiger partial charge is 0.318 e. The van der Waals surface area contributed by atoms with Gasteiger partial charge in [-0.15, -0.1) is 0 Å². The first-order chi connectivity index (χ1) is 38.3. The average Bonchev–Trinajstić information content (AvgIpc) is 3.46. The second-order valence-electron chi connectivity index (χ2n) is 16.0. The molecule has 0 saturated carbocycles. The highest BCUT2D eigenvalue weighted by Crippen LogP contribution is 2.33. The fourth-order valence-corrected chi connectivity index (χ4v) is 5.85. The van der Waals surface area contributed by atoms with Gasteiger partial charge in [-0.3, -0.25) is 84.1 Å². The molecule has 0 aromatic heterocycles. The summed E-state index contributed by atoms with van der Waals surface area (Å²) in [5.41, 5.74) is 3.47. The van der Waals surface area contributed by atoms with Crippen LogP contribution in [0.15, 0.2) is 140 Å². The molecule has 7 rings (SSSR count). The van der Waals surface area contributed by atoms with Gasteiger partial charge in [-0.1, -0.05) is 111 Å². The van der Waals surface area contributed by atoms with E-state index in [4.69, 9.17) is 26.9 Å². The first-order valence-electron chi connectivity index (χ1n) is 22.8. The lowest BCUT2D eigenvalue weighted by atomic mass is 10.0. The highest BCUT2D eigenvalue weighted by Gasteiger charge is 2.23. The molecule has 26 heteroatoms. The van der Waals surface area contributed by atoms with Crippen molar-refractivity contribution in [1.29, 1.82) is 0 Å². The van der Waals surface area contributed by atoms with Crippen LogP contribution in [0, 0.1) is 57.5 Å². The second kappa shape index (κ2) is 35.3. The van der Waals surface area contributed by atoms with Gasteiger partial charge in [0, 0.05) is 57.6 Å². The van der Waals surface area contributed by atoms with Crippen LogP contribution in [-0.4, -0.2) is 83.9 Å². The Morgan fingerprint density at radius 3 is 1.22 bits per heavy atom. The summed E-state index contributed by atoms with van der Waals surface area (Å²) in [7, 11) is 0.